The Bertz CT molecular complexity index is 953. The van der Waals surface area contributed by atoms with Gasteiger partial charge in [0.15, 0.2) is 5.78 Å². The monoisotopic (exact) mass is 454 g/mol. The van der Waals surface area contributed by atoms with Crippen LogP contribution < -0.4 is 4.74 Å². The second kappa shape index (κ2) is 10.6. The van der Waals surface area contributed by atoms with Gasteiger partial charge in [-0.1, -0.05) is 55.7 Å². The average molecular weight is 455 g/mol. The lowest BCUT2D eigenvalue weighted by atomic mass is 9.74. The van der Waals surface area contributed by atoms with Crippen molar-refractivity contribution < 1.29 is 19.1 Å². The van der Waals surface area contributed by atoms with Crippen LogP contribution in [0.3, 0.4) is 0 Å². The predicted octanol–water partition coefficient (Wildman–Crippen LogP) is 6.02. The first-order chi connectivity index (χ1) is 15.3. The smallest absolute Gasteiger partial charge is 0.320 e. The van der Waals surface area contributed by atoms with Gasteiger partial charge in [-0.15, -0.1) is 11.8 Å². The molecule has 3 unspecified atom stereocenters. The summed E-state index contributed by atoms with van der Waals surface area (Å²) in [6.07, 6.45) is 3.67. The molecule has 0 N–H and O–H groups in total. The third-order valence-electron chi connectivity index (χ3n) is 6.51. The molecule has 0 spiro atoms. The van der Waals surface area contributed by atoms with Gasteiger partial charge in [0.1, 0.15) is 11.7 Å². The van der Waals surface area contributed by atoms with E-state index in [4.69, 9.17) is 9.47 Å². The third-order valence-corrected chi connectivity index (χ3v) is 8.12. The molecule has 3 rings (SSSR count). The van der Waals surface area contributed by atoms with Gasteiger partial charge in [0.2, 0.25) is 0 Å². The maximum absolute atomic E-state index is 14.2. The first-order valence-electron chi connectivity index (χ1n) is 11.3. The summed E-state index contributed by atoms with van der Waals surface area (Å²) in [5, 5.41) is 0. The van der Waals surface area contributed by atoms with Crippen LogP contribution in [-0.4, -0.2) is 30.7 Å². The van der Waals surface area contributed by atoms with Crippen LogP contribution >= 0.6 is 11.8 Å². The molecule has 1 saturated carbocycles. The van der Waals surface area contributed by atoms with E-state index in [1.54, 1.807) is 18.9 Å². The fraction of sp³-hybridized carbons (Fsp3) is 0.481. The van der Waals surface area contributed by atoms with Gasteiger partial charge in [-0.2, -0.15) is 0 Å². The highest BCUT2D eigenvalue weighted by atomic mass is 32.2. The maximum Gasteiger partial charge on any atom is 0.320 e. The van der Waals surface area contributed by atoms with E-state index in [1.807, 2.05) is 56.3 Å². The zero-order valence-corrected chi connectivity index (χ0v) is 20.6. The van der Waals surface area contributed by atoms with Crippen molar-refractivity contribution in [2.45, 2.75) is 62.9 Å². The summed E-state index contributed by atoms with van der Waals surface area (Å²) in [5.41, 5.74) is 3.96. The highest BCUT2D eigenvalue weighted by Gasteiger charge is 2.48. The van der Waals surface area contributed by atoms with Crippen LogP contribution in [0, 0.1) is 19.8 Å². The van der Waals surface area contributed by atoms with Gasteiger partial charge in [0, 0.05) is 5.75 Å². The van der Waals surface area contributed by atoms with Crippen molar-refractivity contribution in [1.82, 2.24) is 0 Å². The summed E-state index contributed by atoms with van der Waals surface area (Å²) in [4.78, 5) is 27.1. The van der Waals surface area contributed by atoms with Gasteiger partial charge < -0.3 is 9.47 Å². The zero-order chi connectivity index (χ0) is 23.3. The van der Waals surface area contributed by atoms with Crippen LogP contribution in [0.4, 0.5) is 0 Å². The lowest BCUT2D eigenvalue weighted by Crippen LogP contribution is -2.45. The molecular weight excluding hydrogens is 420 g/mol. The number of carbonyl (C=O) groups is 2. The molecule has 2 aromatic carbocycles. The Morgan fingerprint density at radius 3 is 2.44 bits per heavy atom. The number of methoxy groups -OCH3 is 2. The first kappa shape index (κ1) is 24.4. The average Bonchev–Trinajstić information content (AvgIpc) is 2.79. The lowest BCUT2D eigenvalue weighted by molar-refractivity contribution is -0.146. The van der Waals surface area contributed by atoms with Crippen molar-refractivity contribution in [2.75, 3.05) is 14.2 Å². The molecule has 0 radical (unpaired) electrons. The molecule has 1 fully saturated rings. The number of benzene rings is 2. The van der Waals surface area contributed by atoms with Gasteiger partial charge in [-0.3, -0.25) is 9.59 Å². The number of esters is 1. The summed E-state index contributed by atoms with van der Waals surface area (Å²) < 4.78 is 9.80. The fourth-order valence-corrected chi connectivity index (χ4v) is 6.36. The van der Waals surface area contributed by atoms with Crippen LogP contribution in [0.15, 0.2) is 42.5 Å². The lowest BCUT2D eigenvalue weighted by Gasteiger charge is -2.40. The van der Waals surface area contributed by atoms with Gasteiger partial charge in [0.25, 0.3) is 0 Å². The van der Waals surface area contributed by atoms with Crippen LogP contribution in [0.5, 0.6) is 5.75 Å². The molecule has 0 bridgehead atoms. The second-order valence-corrected chi connectivity index (χ2v) is 10.4. The quantitative estimate of drug-likeness (QED) is 0.361. The Hall–Kier alpha value is -2.27. The molecule has 4 nitrogen and oxygen atoms in total. The summed E-state index contributed by atoms with van der Waals surface area (Å²) in [6, 6.07) is 13.9. The zero-order valence-electron chi connectivity index (χ0n) is 19.8. The van der Waals surface area contributed by atoms with E-state index < -0.39 is 16.6 Å². The topological polar surface area (TPSA) is 52.6 Å². The number of hydrogen-bond donors (Lipinski definition) is 0. The summed E-state index contributed by atoms with van der Waals surface area (Å²) in [6.45, 7) is 6.19. The first-order valence-corrected chi connectivity index (χ1v) is 12.2. The Balaban J connectivity index is 1.95. The fourth-order valence-electron chi connectivity index (χ4n) is 4.78. The molecule has 172 valence electrons. The Morgan fingerprint density at radius 1 is 1.12 bits per heavy atom. The van der Waals surface area contributed by atoms with Crippen molar-refractivity contribution in [3.8, 4) is 5.75 Å². The van der Waals surface area contributed by atoms with Crippen LogP contribution in [0.1, 0.15) is 60.8 Å². The molecule has 0 aromatic heterocycles. The molecule has 32 heavy (non-hydrogen) atoms. The second-order valence-electron chi connectivity index (χ2n) is 9.01. The molecule has 2 aromatic rings. The van der Waals surface area contributed by atoms with E-state index in [-0.39, 0.29) is 5.78 Å². The van der Waals surface area contributed by atoms with Crippen molar-refractivity contribution in [3.63, 3.8) is 0 Å². The van der Waals surface area contributed by atoms with E-state index in [2.05, 4.69) is 6.92 Å². The number of ketones is 1. The summed E-state index contributed by atoms with van der Waals surface area (Å²) in [7, 11) is 3.02. The van der Waals surface area contributed by atoms with Crippen molar-refractivity contribution in [3.05, 3.63) is 64.7 Å². The number of hydrogen-bond acceptors (Lipinski definition) is 5. The molecule has 0 heterocycles. The van der Waals surface area contributed by atoms with Gasteiger partial charge >= 0.3 is 5.97 Å². The number of Topliss-reactive ketones (excluding diaryl/α,β-unsaturated/α-hetero) is 1. The largest absolute Gasteiger partial charge is 0.497 e. The Morgan fingerprint density at radius 2 is 1.84 bits per heavy atom. The number of rotatable bonds is 8. The molecule has 3 atom stereocenters. The minimum Gasteiger partial charge on any atom is -0.497 e. The molecule has 0 saturated heterocycles. The van der Waals surface area contributed by atoms with Gasteiger partial charge in [0.05, 0.1) is 19.0 Å². The minimum atomic E-state index is -0.894. The highest BCUT2D eigenvalue weighted by Crippen LogP contribution is 2.47. The minimum absolute atomic E-state index is 0.0126. The van der Waals surface area contributed by atoms with Crippen LogP contribution in [0.25, 0.3) is 0 Å². The van der Waals surface area contributed by atoms with E-state index >= 15 is 0 Å². The van der Waals surface area contributed by atoms with Crippen molar-refractivity contribution >= 4 is 23.5 Å². The van der Waals surface area contributed by atoms with E-state index in [9.17, 15) is 9.59 Å². The standard InChI is InChI=1S/C27H34O4S/c1-18-8-13-23(20(3)15-18)24(26(29)31-5)25(28)27(14-6-7-19(2)16-27)32-17-21-9-11-22(30-4)12-10-21/h8-13,15,19,24H,6-7,14,16-17H2,1-5H3. The number of carbonyl (C=O) groups excluding carboxylic acids is 2. The van der Waals surface area contributed by atoms with Gasteiger partial charge in [-0.25, -0.2) is 0 Å². The van der Waals surface area contributed by atoms with E-state index in [0.29, 0.717) is 11.7 Å². The van der Waals surface area contributed by atoms with Gasteiger partial charge in [-0.05, 0) is 61.4 Å². The highest BCUT2D eigenvalue weighted by molar-refractivity contribution is 8.00. The maximum atomic E-state index is 14.2. The molecule has 0 aliphatic heterocycles. The predicted molar refractivity (Wildman–Crippen MR) is 130 cm³/mol. The SMILES string of the molecule is COC(=O)C(C(=O)C1(SCc2ccc(OC)cc2)CCCC(C)C1)c1ccc(C)cc1C. The van der Waals surface area contributed by atoms with Crippen molar-refractivity contribution in [1.29, 1.82) is 0 Å². The molecule has 1 aliphatic rings. The van der Waals surface area contributed by atoms with E-state index in [1.165, 1.54) is 7.11 Å². The van der Waals surface area contributed by atoms with Crippen molar-refractivity contribution in [2.24, 2.45) is 5.92 Å². The Labute approximate surface area is 196 Å². The summed E-state index contributed by atoms with van der Waals surface area (Å²) in [5.74, 6) is 0.591. The molecular formula is C27H34O4S. The third kappa shape index (κ3) is 5.37. The number of thioether (sulfide) groups is 1. The normalized spacial score (nSPS) is 21.6. The van der Waals surface area contributed by atoms with Crippen LogP contribution in [0.2, 0.25) is 0 Å². The molecule has 0 amide bonds. The molecule has 1 aliphatic carbocycles. The molecule has 5 heteroatoms. The number of aryl methyl sites for hydroxylation is 2. The Kier molecular flexibility index (Phi) is 8.05. The number of ether oxygens (including phenoxy) is 2. The van der Waals surface area contributed by atoms with E-state index in [0.717, 1.165) is 53.7 Å². The summed E-state index contributed by atoms with van der Waals surface area (Å²) >= 11 is 1.68. The van der Waals surface area contributed by atoms with Crippen LogP contribution in [-0.2, 0) is 20.1 Å².